The lowest BCUT2D eigenvalue weighted by Gasteiger charge is -2.35. The van der Waals surface area contributed by atoms with E-state index in [9.17, 15) is 4.79 Å². The van der Waals surface area contributed by atoms with Gasteiger partial charge in [-0.1, -0.05) is 56.3 Å². The molecule has 1 heterocycles. The van der Waals surface area contributed by atoms with E-state index in [0.29, 0.717) is 13.0 Å². The number of carbonyl (C=O) groups excluding carboxylic acids is 1. The van der Waals surface area contributed by atoms with Crippen LogP contribution in [0.4, 0.5) is 0 Å². The molecule has 1 amide bonds. The Kier molecular flexibility index (Phi) is 11.4. The fourth-order valence-electron chi connectivity index (χ4n) is 3.16. The van der Waals surface area contributed by atoms with Crippen molar-refractivity contribution in [2.75, 3.05) is 33.3 Å². The summed E-state index contributed by atoms with van der Waals surface area (Å²) in [5.74, 6) is 0.230. The van der Waals surface area contributed by atoms with Crippen LogP contribution in [0.2, 0.25) is 0 Å². The van der Waals surface area contributed by atoms with Crippen molar-refractivity contribution in [2.45, 2.75) is 47.3 Å². The minimum absolute atomic E-state index is 0.230. The molecule has 0 spiro atoms. The van der Waals surface area contributed by atoms with E-state index in [4.69, 9.17) is 4.74 Å². The summed E-state index contributed by atoms with van der Waals surface area (Å²) >= 11 is 0. The first-order valence-corrected chi connectivity index (χ1v) is 10.0. The lowest BCUT2D eigenvalue weighted by molar-refractivity contribution is -0.132. The molecule has 0 N–H and O–H groups in total. The molecule has 1 saturated heterocycles. The lowest BCUT2D eigenvalue weighted by Crippen LogP contribution is -2.48. The molecule has 4 heteroatoms. The average molecular weight is 373 g/mol. The van der Waals surface area contributed by atoms with Gasteiger partial charge in [0, 0.05) is 39.8 Å². The number of rotatable bonds is 7. The molecular weight excluding hydrogens is 336 g/mol. The molecule has 1 aliphatic heterocycles. The van der Waals surface area contributed by atoms with Crippen molar-refractivity contribution in [2.24, 2.45) is 0 Å². The second-order valence-corrected chi connectivity index (χ2v) is 6.45. The van der Waals surface area contributed by atoms with Crippen molar-refractivity contribution in [1.82, 2.24) is 9.80 Å². The van der Waals surface area contributed by atoms with Crippen LogP contribution in [0.5, 0.6) is 0 Å². The smallest absolute Gasteiger partial charge is 0.227 e. The van der Waals surface area contributed by atoms with Crippen LogP contribution >= 0.6 is 0 Å². The van der Waals surface area contributed by atoms with E-state index in [0.717, 1.165) is 38.3 Å². The third-order valence-electron chi connectivity index (χ3n) is 4.54. The predicted octanol–water partition coefficient (Wildman–Crippen LogP) is 4.42. The van der Waals surface area contributed by atoms with E-state index in [-0.39, 0.29) is 5.91 Å². The van der Waals surface area contributed by atoms with Crippen molar-refractivity contribution >= 4 is 5.91 Å². The third kappa shape index (κ3) is 8.10. The van der Waals surface area contributed by atoms with E-state index in [1.807, 2.05) is 50.8 Å². The number of ether oxygens (including phenoxy) is 1. The molecule has 150 valence electrons. The number of hydrogen-bond donors (Lipinski definition) is 0. The Balaban J connectivity index is 0.00000176. The highest BCUT2D eigenvalue weighted by Gasteiger charge is 2.21. The van der Waals surface area contributed by atoms with Gasteiger partial charge >= 0.3 is 0 Å². The lowest BCUT2D eigenvalue weighted by atomic mass is 10.1. The van der Waals surface area contributed by atoms with Gasteiger partial charge in [-0.3, -0.25) is 9.69 Å². The molecule has 1 aliphatic rings. The molecule has 0 radical (unpaired) electrons. The number of benzene rings is 1. The van der Waals surface area contributed by atoms with Crippen LogP contribution in [0.25, 0.3) is 0 Å². The minimum atomic E-state index is 0.230. The fraction of sp³-hybridized carbons (Fsp3) is 0.522. The SMILES string of the molecule is C/C=C\C(=C/C)CC(=O)N1CCN(Cc2cccc(COC)c2)CC1.CC. The van der Waals surface area contributed by atoms with Crippen LogP contribution < -0.4 is 0 Å². The maximum absolute atomic E-state index is 12.4. The van der Waals surface area contributed by atoms with Crippen LogP contribution in [0.3, 0.4) is 0 Å². The van der Waals surface area contributed by atoms with Crippen LogP contribution in [-0.2, 0) is 22.7 Å². The largest absolute Gasteiger partial charge is 0.380 e. The van der Waals surface area contributed by atoms with Gasteiger partial charge in [0.05, 0.1) is 13.0 Å². The Hall–Kier alpha value is -1.91. The molecular formula is C23H36N2O2. The quantitative estimate of drug-likeness (QED) is 0.665. The first-order valence-electron chi connectivity index (χ1n) is 10.0. The zero-order valence-electron chi connectivity index (χ0n) is 17.7. The Morgan fingerprint density at radius 1 is 1.11 bits per heavy atom. The van der Waals surface area contributed by atoms with Crippen molar-refractivity contribution in [3.63, 3.8) is 0 Å². The van der Waals surface area contributed by atoms with Gasteiger partial charge in [0.2, 0.25) is 5.91 Å². The maximum Gasteiger partial charge on any atom is 0.227 e. The summed E-state index contributed by atoms with van der Waals surface area (Å²) in [6.45, 7) is 13.0. The number of amides is 1. The first-order chi connectivity index (χ1) is 13.2. The Morgan fingerprint density at radius 2 is 1.78 bits per heavy atom. The number of piperazine rings is 1. The molecule has 0 atom stereocenters. The zero-order valence-corrected chi connectivity index (χ0v) is 17.7. The molecule has 1 aromatic carbocycles. The summed E-state index contributed by atoms with van der Waals surface area (Å²) in [5.41, 5.74) is 3.60. The standard InChI is InChI=1S/C21H30N2O2.C2H6/c1-4-7-18(5-2)15-21(24)23-12-10-22(11-13-23)16-19-8-6-9-20(14-19)17-25-3;1-2/h4-9,14H,10-13,15-17H2,1-3H3;1-2H3/b7-4-,18-5+;. The molecule has 0 unspecified atom stereocenters. The summed E-state index contributed by atoms with van der Waals surface area (Å²) in [4.78, 5) is 16.8. The van der Waals surface area contributed by atoms with E-state index in [2.05, 4.69) is 29.2 Å². The summed E-state index contributed by atoms with van der Waals surface area (Å²) in [5, 5.41) is 0. The van der Waals surface area contributed by atoms with Gasteiger partial charge in [-0.15, -0.1) is 0 Å². The van der Waals surface area contributed by atoms with Crippen LogP contribution in [0.1, 0.15) is 45.2 Å². The van der Waals surface area contributed by atoms with E-state index in [1.54, 1.807) is 7.11 Å². The molecule has 0 bridgehead atoms. The van der Waals surface area contributed by atoms with E-state index in [1.165, 1.54) is 11.1 Å². The Labute approximate surface area is 165 Å². The monoisotopic (exact) mass is 372 g/mol. The topological polar surface area (TPSA) is 32.8 Å². The number of methoxy groups -OCH3 is 1. The second kappa shape index (κ2) is 13.3. The van der Waals surface area contributed by atoms with Gasteiger partial charge in [0.1, 0.15) is 0 Å². The Morgan fingerprint density at radius 3 is 2.37 bits per heavy atom. The number of nitrogens with zero attached hydrogens (tertiary/aromatic N) is 2. The molecule has 0 aromatic heterocycles. The number of allylic oxidation sites excluding steroid dienone is 3. The van der Waals surface area contributed by atoms with Crippen molar-refractivity contribution < 1.29 is 9.53 Å². The van der Waals surface area contributed by atoms with Gasteiger partial charge in [-0.05, 0) is 30.5 Å². The van der Waals surface area contributed by atoms with Gasteiger partial charge in [-0.25, -0.2) is 0 Å². The first kappa shape index (κ1) is 23.1. The van der Waals surface area contributed by atoms with Gasteiger partial charge < -0.3 is 9.64 Å². The number of hydrogen-bond acceptors (Lipinski definition) is 3. The predicted molar refractivity (Wildman–Crippen MR) is 114 cm³/mol. The van der Waals surface area contributed by atoms with Crippen LogP contribution in [0.15, 0.2) is 48.1 Å². The van der Waals surface area contributed by atoms with Crippen molar-refractivity contribution in [1.29, 1.82) is 0 Å². The number of carbonyl (C=O) groups is 1. The van der Waals surface area contributed by atoms with Crippen molar-refractivity contribution in [3.8, 4) is 0 Å². The normalized spacial score (nSPS) is 15.6. The van der Waals surface area contributed by atoms with Crippen LogP contribution in [0, 0.1) is 0 Å². The van der Waals surface area contributed by atoms with Crippen LogP contribution in [-0.4, -0.2) is 49.0 Å². The highest BCUT2D eigenvalue weighted by Crippen LogP contribution is 2.13. The van der Waals surface area contributed by atoms with E-state index < -0.39 is 0 Å². The maximum atomic E-state index is 12.4. The second-order valence-electron chi connectivity index (χ2n) is 6.45. The minimum Gasteiger partial charge on any atom is -0.380 e. The van der Waals surface area contributed by atoms with Gasteiger partial charge in [0.25, 0.3) is 0 Å². The highest BCUT2D eigenvalue weighted by atomic mass is 16.5. The molecule has 0 aliphatic carbocycles. The molecule has 0 saturated carbocycles. The summed E-state index contributed by atoms with van der Waals surface area (Å²) in [7, 11) is 1.72. The Bertz CT molecular complexity index is 615. The fourth-order valence-corrected chi connectivity index (χ4v) is 3.16. The average Bonchev–Trinajstić information content (AvgIpc) is 2.70. The van der Waals surface area contributed by atoms with Gasteiger partial charge in [-0.2, -0.15) is 0 Å². The molecule has 1 aromatic rings. The third-order valence-corrected chi connectivity index (χ3v) is 4.54. The molecule has 4 nitrogen and oxygen atoms in total. The zero-order chi connectivity index (χ0) is 20.1. The van der Waals surface area contributed by atoms with E-state index >= 15 is 0 Å². The molecule has 27 heavy (non-hydrogen) atoms. The summed E-state index contributed by atoms with van der Waals surface area (Å²) in [6, 6.07) is 8.54. The highest BCUT2D eigenvalue weighted by molar-refractivity contribution is 5.79. The van der Waals surface area contributed by atoms with Gasteiger partial charge in [0.15, 0.2) is 0 Å². The molecule has 2 rings (SSSR count). The molecule has 1 fully saturated rings. The summed E-state index contributed by atoms with van der Waals surface area (Å²) < 4.78 is 5.20. The summed E-state index contributed by atoms with van der Waals surface area (Å²) in [6.07, 6.45) is 6.51. The van der Waals surface area contributed by atoms with Crippen molar-refractivity contribution in [3.05, 3.63) is 59.2 Å².